The van der Waals surface area contributed by atoms with Crippen LogP contribution >= 0.6 is 12.4 Å². The van der Waals surface area contributed by atoms with Crippen molar-refractivity contribution in [1.82, 2.24) is 4.90 Å². The van der Waals surface area contributed by atoms with Crippen molar-refractivity contribution in [2.75, 3.05) is 0 Å². The first-order chi connectivity index (χ1) is 11.6. The topological polar surface area (TPSA) is 77.8 Å². The number of nitrogens with zero attached hydrogens (tertiary/aromatic N) is 1. The normalized spacial score (nSPS) is 11.6. The van der Waals surface area contributed by atoms with Crippen molar-refractivity contribution < 1.29 is 19.8 Å². The Morgan fingerprint density at radius 3 is 1.64 bits per heavy atom. The third-order valence-corrected chi connectivity index (χ3v) is 3.81. The zero-order chi connectivity index (χ0) is 17.4. The van der Waals surface area contributed by atoms with Gasteiger partial charge in [0.15, 0.2) is 0 Å². The molecule has 0 aliphatic rings. The van der Waals surface area contributed by atoms with Crippen molar-refractivity contribution in [3.05, 3.63) is 71.8 Å². The quantitative estimate of drug-likeness (QED) is 0.713. The third-order valence-electron chi connectivity index (χ3n) is 3.81. The number of carbonyl (C=O) groups is 2. The first kappa shape index (κ1) is 20.7. The molecule has 0 heterocycles. The molecule has 0 spiro atoms. The molecular formula is C19H22ClNO4. The Morgan fingerprint density at radius 2 is 1.28 bits per heavy atom. The van der Waals surface area contributed by atoms with E-state index in [0.29, 0.717) is 13.1 Å². The van der Waals surface area contributed by atoms with E-state index >= 15 is 0 Å². The second-order valence-electron chi connectivity index (χ2n) is 5.66. The number of carboxylic acids is 2. The number of rotatable bonds is 9. The van der Waals surface area contributed by atoms with Crippen LogP contribution in [-0.4, -0.2) is 33.1 Å². The maximum Gasteiger partial charge on any atom is 0.320 e. The number of hydrogen-bond donors (Lipinski definition) is 2. The van der Waals surface area contributed by atoms with Crippen LogP contribution in [0.15, 0.2) is 60.7 Å². The molecule has 0 bridgehead atoms. The SMILES string of the molecule is Cl.O=C(O)CC[C@@H](C(=O)O)N(Cc1ccccc1)Cc1ccccc1. The van der Waals surface area contributed by atoms with Crippen molar-refractivity contribution >= 4 is 24.3 Å². The van der Waals surface area contributed by atoms with Gasteiger partial charge >= 0.3 is 11.9 Å². The lowest BCUT2D eigenvalue weighted by molar-refractivity contribution is -0.145. The highest BCUT2D eigenvalue weighted by molar-refractivity contribution is 5.85. The van der Waals surface area contributed by atoms with E-state index in [1.54, 1.807) is 0 Å². The standard InChI is InChI=1S/C19H21NO4.ClH/c21-18(22)12-11-17(19(23)24)20(13-15-7-3-1-4-8-15)14-16-9-5-2-6-10-16;/h1-10,17H,11-14H2,(H,21,22)(H,23,24);1H/t17-;/m0./s1. The molecule has 0 aromatic heterocycles. The fraction of sp³-hybridized carbons (Fsp3) is 0.263. The van der Waals surface area contributed by atoms with Crippen LogP contribution in [0.4, 0.5) is 0 Å². The summed E-state index contributed by atoms with van der Waals surface area (Å²) in [4.78, 5) is 24.4. The lowest BCUT2D eigenvalue weighted by atomic mass is 10.1. The predicted molar refractivity (Wildman–Crippen MR) is 97.7 cm³/mol. The Balaban J connectivity index is 0.00000312. The zero-order valence-electron chi connectivity index (χ0n) is 13.7. The Labute approximate surface area is 153 Å². The summed E-state index contributed by atoms with van der Waals surface area (Å²) >= 11 is 0. The van der Waals surface area contributed by atoms with Gasteiger partial charge in [0, 0.05) is 19.5 Å². The molecule has 2 rings (SSSR count). The second-order valence-corrected chi connectivity index (χ2v) is 5.66. The van der Waals surface area contributed by atoms with Gasteiger partial charge in [-0.15, -0.1) is 12.4 Å². The Hall–Kier alpha value is -2.37. The third kappa shape index (κ3) is 6.95. The molecule has 1 atom stereocenters. The van der Waals surface area contributed by atoms with Crippen LogP contribution in [0, 0.1) is 0 Å². The molecule has 0 radical (unpaired) electrons. The number of aliphatic carboxylic acids is 2. The summed E-state index contributed by atoms with van der Waals surface area (Å²) in [6.45, 7) is 0.901. The van der Waals surface area contributed by atoms with E-state index in [4.69, 9.17) is 5.11 Å². The van der Waals surface area contributed by atoms with Crippen molar-refractivity contribution in [1.29, 1.82) is 0 Å². The number of carboxylic acid groups (broad SMARTS) is 2. The summed E-state index contributed by atoms with van der Waals surface area (Å²) in [5.41, 5.74) is 1.99. The molecule has 2 aromatic carbocycles. The van der Waals surface area contributed by atoms with E-state index in [1.165, 1.54) is 0 Å². The van der Waals surface area contributed by atoms with Gasteiger partial charge in [-0.2, -0.15) is 0 Å². The zero-order valence-corrected chi connectivity index (χ0v) is 14.6. The van der Waals surface area contributed by atoms with Gasteiger partial charge < -0.3 is 10.2 Å². The van der Waals surface area contributed by atoms with Crippen LogP contribution < -0.4 is 0 Å². The molecular weight excluding hydrogens is 342 g/mol. The Kier molecular flexibility index (Phi) is 8.67. The van der Waals surface area contributed by atoms with Crippen LogP contribution in [0.1, 0.15) is 24.0 Å². The maximum atomic E-state index is 11.7. The van der Waals surface area contributed by atoms with Gasteiger partial charge in [-0.05, 0) is 17.5 Å². The highest BCUT2D eigenvalue weighted by Crippen LogP contribution is 2.17. The lowest BCUT2D eigenvalue weighted by Gasteiger charge is -2.29. The Bertz CT molecular complexity index is 622. The van der Waals surface area contributed by atoms with Crippen molar-refractivity contribution in [3.63, 3.8) is 0 Å². The van der Waals surface area contributed by atoms with Crippen molar-refractivity contribution in [3.8, 4) is 0 Å². The Morgan fingerprint density at radius 1 is 0.840 bits per heavy atom. The average Bonchev–Trinajstić information content (AvgIpc) is 2.56. The molecule has 25 heavy (non-hydrogen) atoms. The van der Waals surface area contributed by atoms with Crippen LogP contribution in [-0.2, 0) is 22.7 Å². The van der Waals surface area contributed by atoms with Gasteiger partial charge in [0.05, 0.1) is 0 Å². The predicted octanol–water partition coefficient (Wildman–Crippen LogP) is 3.43. The lowest BCUT2D eigenvalue weighted by Crippen LogP contribution is -2.40. The molecule has 0 unspecified atom stereocenters. The van der Waals surface area contributed by atoms with Gasteiger partial charge in [0.25, 0.3) is 0 Å². The van der Waals surface area contributed by atoms with Crippen LogP contribution in [0.3, 0.4) is 0 Å². The molecule has 0 saturated carbocycles. The number of halogens is 1. The van der Waals surface area contributed by atoms with Gasteiger partial charge in [-0.25, -0.2) is 0 Å². The fourth-order valence-electron chi connectivity index (χ4n) is 2.63. The summed E-state index contributed by atoms with van der Waals surface area (Å²) in [5, 5.41) is 18.5. The molecule has 0 aliphatic carbocycles. The minimum Gasteiger partial charge on any atom is -0.481 e. The van der Waals surface area contributed by atoms with Gasteiger partial charge in [-0.1, -0.05) is 60.7 Å². The maximum absolute atomic E-state index is 11.7. The van der Waals surface area contributed by atoms with E-state index in [-0.39, 0.29) is 25.2 Å². The molecule has 0 fully saturated rings. The summed E-state index contributed by atoms with van der Waals surface area (Å²) in [6, 6.07) is 18.3. The number of hydrogen-bond acceptors (Lipinski definition) is 3. The van der Waals surface area contributed by atoms with Crippen molar-refractivity contribution in [2.45, 2.75) is 32.0 Å². The number of benzene rings is 2. The van der Waals surface area contributed by atoms with Crippen LogP contribution in [0.25, 0.3) is 0 Å². The largest absolute Gasteiger partial charge is 0.481 e. The van der Waals surface area contributed by atoms with Gasteiger partial charge in [-0.3, -0.25) is 14.5 Å². The summed E-state index contributed by atoms with van der Waals surface area (Å²) in [5.74, 6) is -1.98. The van der Waals surface area contributed by atoms with E-state index in [1.807, 2.05) is 65.6 Å². The summed E-state index contributed by atoms with van der Waals surface area (Å²) in [6.07, 6.45) is -0.0959. The average molecular weight is 364 g/mol. The highest BCUT2D eigenvalue weighted by atomic mass is 35.5. The molecule has 2 aromatic rings. The molecule has 0 aliphatic heterocycles. The highest BCUT2D eigenvalue weighted by Gasteiger charge is 2.26. The minimum absolute atomic E-state index is 0. The first-order valence-electron chi connectivity index (χ1n) is 7.83. The van der Waals surface area contributed by atoms with Crippen LogP contribution in [0.2, 0.25) is 0 Å². The molecule has 0 amide bonds. The molecule has 2 N–H and O–H groups in total. The van der Waals surface area contributed by atoms with E-state index < -0.39 is 18.0 Å². The summed E-state index contributed by atoms with van der Waals surface area (Å²) in [7, 11) is 0. The van der Waals surface area contributed by atoms with Crippen LogP contribution in [0.5, 0.6) is 0 Å². The molecule has 0 saturated heterocycles. The van der Waals surface area contributed by atoms with Crippen molar-refractivity contribution in [2.24, 2.45) is 0 Å². The van der Waals surface area contributed by atoms with Gasteiger partial charge in [0.2, 0.25) is 0 Å². The fourth-order valence-corrected chi connectivity index (χ4v) is 2.63. The van der Waals surface area contributed by atoms with E-state index in [0.717, 1.165) is 11.1 Å². The molecule has 6 heteroatoms. The smallest absolute Gasteiger partial charge is 0.320 e. The monoisotopic (exact) mass is 363 g/mol. The summed E-state index contributed by atoms with van der Waals surface area (Å²) < 4.78 is 0. The first-order valence-corrected chi connectivity index (χ1v) is 7.83. The van der Waals surface area contributed by atoms with Gasteiger partial charge in [0.1, 0.15) is 6.04 Å². The van der Waals surface area contributed by atoms with E-state index in [2.05, 4.69) is 0 Å². The molecule has 5 nitrogen and oxygen atoms in total. The second kappa shape index (κ2) is 10.5. The minimum atomic E-state index is -0.997. The molecule has 134 valence electrons. The van der Waals surface area contributed by atoms with E-state index in [9.17, 15) is 14.7 Å².